The average Bonchev–Trinajstić information content (AvgIpc) is 2.32. The molecule has 4 N–H and O–H groups in total. The van der Waals surface area contributed by atoms with Crippen LogP contribution in [0.2, 0.25) is 0 Å². The second-order valence-corrected chi connectivity index (χ2v) is 5.94. The Labute approximate surface area is 118 Å². The predicted octanol–water partition coefficient (Wildman–Crippen LogP) is 3.32. The first-order valence-corrected chi connectivity index (χ1v) is 7.08. The van der Waals surface area contributed by atoms with Crippen molar-refractivity contribution >= 4 is 31.9 Å². The first kappa shape index (κ1) is 15.0. The summed E-state index contributed by atoms with van der Waals surface area (Å²) >= 11 is 6.50. The van der Waals surface area contributed by atoms with Crippen LogP contribution in [0.1, 0.15) is 31.9 Å². The number of aliphatic hydroxyl groups excluding tert-OH is 1. The van der Waals surface area contributed by atoms with Crippen LogP contribution in [-0.2, 0) is 0 Å². The fraction of sp³-hybridized carbons (Fsp3) is 0.500. The van der Waals surface area contributed by atoms with Gasteiger partial charge in [-0.05, 0) is 55.5 Å². The van der Waals surface area contributed by atoms with Crippen molar-refractivity contribution in [2.24, 2.45) is 11.7 Å². The van der Waals surface area contributed by atoms with Gasteiger partial charge >= 0.3 is 0 Å². The number of halogens is 2. The van der Waals surface area contributed by atoms with Gasteiger partial charge in [0.05, 0.1) is 21.1 Å². The summed E-state index contributed by atoms with van der Waals surface area (Å²) in [5.41, 5.74) is 6.82. The number of phenolic OH excluding ortho intramolecular Hbond substituents is 1. The molecule has 0 aliphatic rings. The Hall–Kier alpha value is -0.100. The zero-order chi connectivity index (χ0) is 13.2. The Morgan fingerprint density at radius 1 is 1.29 bits per heavy atom. The summed E-state index contributed by atoms with van der Waals surface area (Å²) in [6.45, 7) is 3.98. The molecule has 17 heavy (non-hydrogen) atoms. The molecule has 0 aliphatic heterocycles. The SMILES string of the molecule is CCC(C)[C@@H](O)[C@@H](N)c1cc(Br)c(O)c(Br)c1. The number of phenols is 1. The first-order chi connectivity index (χ1) is 7.88. The standard InChI is InChI=1S/C12H17Br2NO2/c1-3-6(2)11(16)10(15)7-4-8(13)12(17)9(14)5-7/h4-6,10-11,16-17H,3,15H2,1-2H3/t6?,10-,11+/m0/s1. The van der Waals surface area contributed by atoms with Gasteiger partial charge in [0.15, 0.2) is 0 Å². The number of aromatic hydroxyl groups is 1. The summed E-state index contributed by atoms with van der Waals surface area (Å²) in [7, 11) is 0. The molecule has 0 aliphatic carbocycles. The highest BCUT2D eigenvalue weighted by Gasteiger charge is 2.23. The van der Waals surface area contributed by atoms with E-state index in [-0.39, 0.29) is 11.7 Å². The molecule has 0 saturated carbocycles. The first-order valence-electron chi connectivity index (χ1n) is 5.50. The second kappa shape index (κ2) is 6.18. The Kier molecular flexibility index (Phi) is 5.44. The van der Waals surface area contributed by atoms with E-state index >= 15 is 0 Å². The molecule has 1 unspecified atom stereocenters. The van der Waals surface area contributed by atoms with Crippen LogP contribution in [0.25, 0.3) is 0 Å². The number of hydrogen-bond acceptors (Lipinski definition) is 3. The summed E-state index contributed by atoms with van der Waals surface area (Å²) in [4.78, 5) is 0. The summed E-state index contributed by atoms with van der Waals surface area (Å²) < 4.78 is 1.13. The molecule has 0 spiro atoms. The lowest BCUT2D eigenvalue weighted by atomic mass is 9.91. The van der Waals surface area contributed by atoms with E-state index < -0.39 is 12.1 Å². The van der Waals surface area contributed by atoms with Gasteiger partial charge in [0.1, 0.15) is 5.75 Å². The van der Waals surface area contributed by atoms with E-state index in [0.717, 1.165) is 12.0 Å². The van der Waals surface area contributed by atoms with E-state index in [1.807, 2.05) is 13.8 Å². The fourth-order valence-electron chi connectivity index (χ4n) is 1.57. The molecule has 0 bridgehead atoms. The van der Waals surface area contributed by atoms with Crippen molar-refractivity contribution in [3.8, 4) is 5.75 Å². The minimum atomic E-state index is -0.594. The number of rotatable bonds is 4. The molecule has 0 aromatic heterocycles. The molecule has 3 atom stereocenters. The van der Waals surface area contributed by atoms with Crippen LogP contribution >= 0.6 is 31.9 Å². The summed E-state index contributed by atoms with van der Waals surface area (Å²) in [6.07, 6.45) is 0.276. The zero-order valence-electron chi connectivity index (χ0n) is 9.82. The van der Waals surface area contributed by atoms with Gasteiger partial charge in [-0.15, -0.1) is 0 Å². The zero-order valence-corrected chi connectivity index (χ0v) is 13.0. The third kappa shape index (κ3) is 3.44. The Morgan fingerprint density at radius 3 is 2.18 bits per heavy atom. The lowest BCUT2D eigenvalue weighted by molar-refractivity contribution is 0.0879. The topological polar surface area (TPSA) is 66.5 Å². The lowest BCUT2D eigenvalue weighted by Gasteiger charge is -2.24. The van der Waals surface area contributed by atoms with Crippen molar-refractivity contribution < 1.29 is 10.2 Å². The Balaban J connectivity index is 3.00. The maximum absolute atomic E-state index is 10.1. The number of aliphatic hydroxyl groups is 1. The monoisotopic (exact) mass is 365 g/mol. The molecule has 0 heterocycles. The van der Waals surface area contributed by atoms with Gasteiger partial charge in [0.25, 0.3) is 0 Å². The third-order valence-electron chi connectivity index (χ3n) is 3.02. The molecule has 0 radical (unpaired) electrons. The van der Waals surface area contributed by atoms with Crippen LogP contribution in [0.15, 0.2) is 21.1 Å². The van der Waals surface area contributed by atoms with Crippen molar-refractivity contribution in [1.82, 2.24) is 0 Å². The van der Waals surface area contributed by atoms with Gasteiger partial charge < -0.3 is 15.9 Å². The Bertz CT molecular complexity index is 375. The van der Waals surface area contributed by atoms with Crippen molar-refractivity contribution in [2.45, 2.75) is 32.4 Å². The van der Waals surface area contributed by atoms with Crippen LogP contribution in [0.4, 0.5) is 0 Å². The normalized spacial score (nSPS) is 16.6. The van der Waals surface area contributed by atoms with Gasteiger partial charge in [-0.1, -0.05) is 20.3 Å². The lowest BCUT2D eigenvalue weighted by Crippen LogP contribution is -2.31. The molecular formula is C12H17Br2NO2. The largest absolute Gasteiger partial charge is 0.506 e. The smallest absolute Gasteiger partial charge is 0.143 e. The van der Waals surface area contributed by atoms with Crippen molar-refractivity contribution in [3.05, 3.63) is 26.6 Å². The third-order valence-corrected chi connectivity index (χ3v) is 4.23. The molecule has 1 rings (SSSR count). The molecule has 0 fully saturated rings. The summed E-state index contributed by atoms with van der Waals surface area (Å²) in [5, 5.41) is 19.7. The van der Waals surface area contributed by atoms with Gasteiger partial charge in [-0.3, -0.25) is 0 Å². The average molecular weight is 367 g/mol. The predicted molar refractivity (Wildman–Crippen MR) is 75.9 cm³/mol. The number of nitrogens with two attached hydrogens (primary N) is 1. The second-order valence-electron chi connectivity index (χ2n) is 4.24. The molecule has 1 aromatic carbocycles. The van der Waals surface area contributed by atoms with E-state index in [9.17, 15) is 10.2 Å². The fourth-order valence-corrected chi connectivity index (χ4v) is 2.79. The number of benzene rings is 1. The van der Waals surface area contributed by atoms with Gasteiger partial charge in [0, 0.05) is 0 Å². The molecule has 0 saturated heterocycles. The van der Waals surface area contributed by atoms with Crippen LogP contribution in [-0.4, -0.2) is 16.3 Å². The van der Waals surface area contributed by atoms with Crippen LogP contribution < -0.4 is 5.73 Å². The molecular weight excluding hydrogens is 350 g/mol. The van der Waals surface area contributed by atoms with Gasteiger partial charge in [0.2, 0.25) is 0 Å². The molecule has 0 amide bonds. The maximum atomic E-state index is 10.1. The van der Waals surface area contributed by atoms with Crippen molar-refractivity contribution in [3.63, 3.8) is 0 Å². The van der Waals surface area contributed by atoms with E-state index in [0.29, 0.717) is 8.95 Å². The molecule has 3 nitrogen and oxygen atoms in total. The van der Waals surface area contributed by atoms with Crippen LogP contribution in [0.5, 0.6) is 5.75 Å². The minimum Gasteiger partial charge on any atom is -0.506 e. The summed E-state index contributed by atoms with van der Waals surface area (Å²) in [6, 6.07) is 3.00. The van der Waals surface area contributed by atoms with E-state index in [4.69, 9.17) is 5.73 Å². The van der Waals surface area contributed by atoms with E-state index in [1.54, 1.807) is 12.1 Å². The summed E-state index contributed by atoms with van der Waals surface area (Å²) in [5.74, 6) is 0.273. The van der Waals surface area contributed by atoms with Crippen LogP contribution in [0.3, 0.4) is 0 Å². The van der Waals surface area contributed by atoms with Crippen LogP contribution in [0, 0.1) is 5.92 Å². The Morgan fingerprint density at radius 2 is 1.76 bits per heavy atom. The molecule has 96 valence electrons. The van der Waals surface area contributed by atoms with Gasteiger partial charge in [-0.2, -0.15) is 0 Å². The van der Waals surface area contributed by atoms with Gasteiger partial charge in [-0.25, -0.2) is 0 Å². The highest BCUT2D eigenvalue weighted by atomic mass is 79.9. The van der Waals surface area contributed by atoms with E-state index in [2.05, 4.69) is 31.9 Å². The van der Waals surface area contributed by atoms with E-state index in [1.165, 1.54) is 0 Å². The van der Waals surface area contributed by atoms with Crippen molar-refractivity contribution in [2.75, 3.05) is 0 Å². The maximum Gasteiger partial charge on any atom is 0.143 e. The quantitative estimate of drug-likeness (QED) is 0.765. The highest BCUT2D eigenvalue weighted by molar-refractivity contribution is 9.11. The number of hydrogen-bond donors (Lipinski definition) is 3. The highest BCUT2D eigenvalue weighted by Crippen LogP contribution is 2.35. The minimum absolute atomic E-state index is 0.136. The molecule has 1 aromatic rings. The van der Waals surface area contributed by atoms with Crippen molar-refractivity contribution in [1.29, 1.82) is 0 Å². The molecule has 5 heteroatoms.